The summed E-state index contributed by atoms with van der Waals surface area (Å²) in [6, 6.07) is 1.80. The molecule has 3 heterocycles. The Morgan fingerprint density at radius 3 is 3.00 bits per heavy atom. The molecule has 0 radical (unpaired) electrons. The molecule has 0 aromatic carbocycles. The summed E-state index contributed by atoms with van der Waals surface area (Å²) in [7, 11) is 0. The van der Waals surface area contributed by atoms with E-state index in [9.17, 15) is 4.79 Å². The third kappa shape index (κ3) is 3.09. The topological polar surface area (TPSA) is 70.5 Å². The number of anilines is 1. The predicted molar refractivity (Wildman–Crippen MR) is 79.9 cm³/mol. The first-order valence-corrected chi connectivity index (χ1v) is 7.81. The van der Waals surface area contributed by atoms with Crippen LogP contribution in [0, 0.1) is 5.92 Å². The van der Waals surface area contributed by atoms with Crippen molar-refractivity contribution in [2.24, 2.45) is 10.9 Å². The lowest BCUT2D eigenvalue weighted by molar-refractivity contribution is -0.123. The highest BCUT2D eigenvalue weighted by Gasteiger charge is 2.28. The number of amides is 1. The fraction of sp³-hybridized carbons (Fsp3) is 0.538. The smallest absolute Gasteiger partial charge is 0.230 e. The Kier molecular flexibility index (Phi) is 4.15. The zero-order chi connectivity index (χ0) is 13.8. The van der Waals surface area contributed by atoms with Gasteiger partial charge in [0.05, 0.1) is 12.5 Å². The fourth-order valence-corrected chi connectivity index (χ4v) is 3.18. The van der Waals surface area contributed by atoms with E-state index in [1.165, 1.54) is 0 Å². The average Bonchev–Trinajstić information content (AvgIpc) is 3.01. The third-order valence-electron chi connectivity index (χ3n) is 3.44. The van der Waals surface area contributed by atoms with Gasteiger partial charge in [-0.05, 0) is 18.9 Å². The molecule has 1 N–H and O–H groups in total. The number of aromatic nitrogens is 2. The number of carbonyl (C=O) groups is 1. The number of thioether (sulfide) groups is 1. The van der Waals surface area contributed by atoms with Crippen molar-refractivity contribution in [2.75, 3.05) is 30.3 Å². The van der Waals surface area contributed by atoms with Crippen molar-refractivity contribution in [3.63, 3.8) is 0 Å². The van der Waals surface area contributed by atoms with Crippen molar-refractivity contribution in [1.29, 1.82) is 0 Å². The van der Waals surface area contributed by atoms with Gasteiger partial charge in [-0.2, -0.15) is 0 Å². The summed E-state index contributed by atoms with van der Waals surface area (Å²) in [4.78, 5) is 27.1. The van der Waals surface area contributed by atoms with Gasteiger partial charge in [-0.3, -0.25) is 9.79 Å². The molecule has 0 bridgehead atoms. The molecule has 2 aliphatic heterocycles. The van der Waals surface area contributed by atoms with Gasteiger partial charge in [-0.1, -0.05) is 11.8 Å². The molecule has 20 heavy (non-hydrogen) atoms. The second-order valence-electron chi connectivity index (χ2n) is 4.86. The first-order valence-electron chi connectivity index (χ1n) is 6.83. The Hall–Kier alpha value is -1.63. The molecule has 3 rings (SSSR count). The number of amidine groups is 1. The van der Waals surface area contributed by atoms with Crippen LogP contribution >= 0.6 is 11.8 Å². The maximum Gasteiger partial charge on any atom is 0.230 e. The van der Waals surface area contributed by atoms with E-state index in [4.69, 9.17) is 0 Å². The van der Waals surface area contributed by atoms with E-state index in [1.807, 2.05) is 0 Å². The van der Waals surface area contributed by atoms with Crippen molar-refractivity contribution in [3.05, 3.63) is 18.5 Å². The van der Waals surface area contributed by atoms with E-state index in [-0.39, 0.29) is 11.8 Å². The Morgan fingerprint density at radius 2 is 2.25 bits per heavy atom. The first-order chi connectivity index (χ1) is 9.83. The summed E-state index contributed by atoms with van der Waals surface area (Å²) in [5, 5.41) is 3.69. The van der Waals surface area contributed by atoms with Crippen molar-refractivity contribution in [1.82, 2.24) is 15.3 Å². The number of nitrogens with one attached hydrogen (secondary N) is 1. The first kappa shape index (κ1) is 13.4. The lowest BCUT2D eigenvalue weighted by Gasteiger charge is -2.31. The zero-order valence-corrected chi connectivity index (χ0v) is 12.0. The van der Waals surface area contributed by atoms with Crippen LogP contribution < -0.4 is 10.2 Å². The van der Waals surface area contributed by atoms with E-state index >= 15 is 0 Å². The number of piperidine rings is 1. The van der Waals surface area contributed by atoms with Crippen molar-refractivity contribution in [2.45, 2.75) is 12.8 Å². The lowest BCUT2D eigenvalue weighted by Crippen LogP contribution is -2.44. The number of hydrogen-bond acceptors (Lipinski definition) is 6. The Morgan fingerprint density at radius 1 is 1.40 bits per heavy atom. The van der Waals surface area contributed by atoms with Crippen LogP contribution in [-0.2, 0) is 4.79 Å². The van der Waals surface area contributed by atoms with Crippen LogP contribution in [0.5, 0.6) is 0 Å². The second kappa shape index (κ2) is 6.21. The van der Waals surface area contributed by atoms with E-state index < -0.39 is 0 Å². The Labute approximate surface area is 122 Å². The highest BCUT2D eigenvalue weighted by molar-refractivity contribution is 8.14. The molecule has 0 saturated carbocycles. The van der Waals surface area contributed by atoms with Crippen LogP contribution in [0.4, 0.5) is 5.95 Å². The standard InChI is InChI=1S/C13H17N5OS/c19-11(17-13-16-6-8-20-13)10-3-1-7-18(9-10)12-14-4-2-5-15-12/h2,4-5,10H,1,3,6-9H2,(H,16,17,19). The molecule has 106 valence electrons. The summed E-state index contributed by atoms with van der Waals surface area (Å²) >= 11 is 1.61. The number of aliphatic imine (C=N–C) groups is 1. The number of rotatable bonds is 2. The molecular formula is C13H17N5OS. The van der Waals surface area contributed by atoms with Crippen molar-refractivity contribution < 1.29 is 4.79 Å². The molecule has 7 heteroatoms. The van der Waals surface area contributed by atoms with Gasteiger partial charge in [-0.15, -0.1) is 0 Å². The summed E-state index contributed by atoms with van der Waals surface area (Å²) in [5.41, 5.74) is 0. The minimum atomic E-state index is -0.0172. The second-order valence-corrected chi connectivity index (χ2v) is 5.94. The van der Waals surface area contributed by atoms with Gasteiger partial charge in [0.1, 0.15) is 0 Å². The highest BCUT2D eigenvalue weighted by atomic mass is 32.2. The van der Waals surface area contributed by atoms with Crippen molar-refractivity contribution >= 4 is 28.8 Å². The molecule has 1 aromatic heterocycles. The normalized spacial score (nSPS) is 22.5. The van der Waals surface area contributed by atoms with Crippen LogP contribution in [0.15, 0.2) is 23.5 Å². The maximum atomic E-state index is 12.3. The molecule has 1 amide bonds. The molecule has 1 saturated heterocycles. The van der Waals surface area contributed by atoms with Crippen LogP contribution in [0.1, 0.15) is 12.8 Å². The number of carbonyl (C=O) groups excluding carboxylic acids is 1. The minimum Gasteiger partial charge on any atom is -0.340 e. The maximum absolute atomic E-state index is 12.3. The fourth-order valence-electron chi connectivity index (χ4n) is 2.45. The van der Waals surface area contributed by atoms with Crippen LogP contribution in [0.25, 0.3) is 0 Å². The molecule has 1 atom stereocenters. The van der Waals surface area contributed by atoms with E-state index in [0.29, 0.717) is 12.5 Å². The lowest BCUT2D eigenvalue weighted by atomic mass is 9.97. The number of hydrogen-bond donors (Lipinski definition) is 1. The summed E-state index contributed by atoms with van der Waals surface area (Å²) in [6.07, 6.45) is 5.36. The van der Waals surface area contributed by atoms with Crippen molar-refractivity contribution in [3.8, 4) is 0 Å². The van der Waals surface area contributed by atoms with Gasteiger partial charge in [0.15, 0.2) is 5.17 Å². The van der Waals surface area contributed by atoms with E-state index in [0.717, 1.165) is 36.9 Å². The SMILES string of the molecule is O=C(NC1=NCCS1)C1CCCN(c2ncccn2)C1. The largest absolute Gasteiger partial charge is 0.340 e. The van der Waals surface area contributed by atoms with E-state index in [1.54, 1.807) is 30.2 Å². The monoisotopic (exact) mass is 291 g/mol. The highest BCUT2D eigenvalue weighted by Crippen LogP contribution is 2.20. The van der Waals surface area contributed by atoms with Gasteiger partial charge in [0.2, 0.25) is 11.9 Å². The molecular weight excluding hydrogens is 274 g/mol. The van der Waals surface area contributed by atoms with Gasteiger partial charge < -0.3 is 10.2 Å². The molecule has 0 aliphatic carbocycles. The van der Waals surface area contributed by atoms with Gasteiger partial charge >= 0.3 is 0 Å². The van der Waals surface area contributed by atoms with Gasteiger partial charge in [0.25, 0.3) is 0 Å². The summed E-state index contributed by atoms with van der Waals surface area (Å²) in [6.45, 7) is 2.38. The van der Waals surface area contributed by atoms with Crippen LogP contribution in [-0.4, -0.2) is 46.4 Å². The average molecular weight is 291 g/mol. The van der Waals surface area contributed by atoms with Gasteiger partial charge in [-0.25, -0.2) is 9.97 Å². The molecule has 6 nitrogen and oxygen atoms in total. The van der Waals surface area contributed by atoms with E-state index in [2.05, 4.69) is 25.2 Å². The quantitative estimate of drug-likeness (QED) is 0.877. The van der Waals surface area contributed by atoms with Gasteiger partial charge in [0, 0.05) is 31.2 Å². The Balaban J connectivity index is 1.61. The molecule has 1 fully saturated rings. The summed E-state index contributed by atoms with van der Waals surface area (Å²) < 4.78 is 0. The Bertz CT molecular complexity index is 507. The molecule has 2 aliphatic rings. The minimum absolute atomic E-state index is 0.0172. The van der Waals surface area contributed by atoms with Crippen LogP contribution in [0.2, 0.25) is 0 Å². The third-order valence-corrected chi connectivity index (χ3v) is 4.33. The predicted octanol–water partition coefficient (Wildman–Crippen LogP) is 0.912. The molecule has 1 aromatic rings. The van der Waals surface area contributed by atoms with Crippen LogP contribution in [0.3, 0.4) is 0 Å². The summed E-state index contributed by atoms with van der Waals surface area (Å²) in [5.74, 6) is 1.72. The molecule has 1 unspecified atom stereocenters. The molecule has 0 spiro atoms. The zero-order valence-electron chi connectivity index (χ0n) is 11.2. The number of nitrogens with zero attached hydrogens (tertiary/aromatic N) is 4.